The number of hydrogen-bond donors (Lipinski definition) is 1. The number of carbonyl (C=O) groups is 1. The van der Waals surface area contributed by atoms with Crippen LogP contribution in [0.3, 0.4) is 0 Å². The summed E-state index contributed by atoms with van der Waals surface area (Å²) in [5.74, 6) is -0.267. The Bertz CT molecular complexity index is 1150. The molecule has 1 aromatic carbocycles. The molecule has 1 aliphatic rings. The van der Waals surface area contributed by atoms with Crippen LogP contribution in [0, 0.1) is 0 Å². The smallest absolute Gasteiger partial charge is 0.263 e. The first-order valence-electron chi connectivity index (χ1n) is 9.11. The van der Waals surface area contributed by atoms with Gasteiger partial charge in [-0.25, -0.2) is 13.4 Å². The number of aromatic nitrogens is 1. The van der Waals surface area contributed by atoms with E-state index in [1.807, 2.05) is 18.2 Å². The van der Waals surface area contributed by atoms with Gasteiger partial charge in [0.1, 0.15) is 14.1 Å². The summed E-state index contributed by atoms with van der Waals surface area (Å²) in [6, 6.07) is 10.6. The normalized spacial score (nSPS) is 15.2. The molecule has 1 aliphatic heterocycles. The zero-order valence-electron chi connectivity index (χ0n) is 15.7. The van der Waals surface area contributed by atoms with E-state index in [1.54, 1.807) is 18.2 Å². The first-order chi connectivity index (χ1) is 14.4. The number of rotatable bonds is 6. The van der Waals surface area contributed by atoms with E-state index in [4.69, 9.17) is 16.3 Å². The first-order valence-corrected chi connectivity index (χ1v) is 12.6. The average Bonchev–Trinajstić information content (AvgIpc) is 3.43. The van der Waals surface area contributed by atoms with Crippen LogP contribution in [0.1, 0.15) is 14.5 Å². The van der Waals surface area contributed by atoms with Crippen molar-refractivity contribution in [1.82, 2.24) is 14.6 Å². The maximum absolute atomic E-state index is 12.7. The number of thiazole rings is 1. The van der Waals surface area contributed by atoms with Crippen molar-refractivity contribution < 1.29 is 17.9 Å². The predicted octanol–water partition coefficient (Wildman–Crippen LogP) is 3.48. The maximum atomic E-state index is 12.7. The van der Waals surface area contributed by atoms with Crippen molar-refractivity contribution in [2.75, 3.05) is 26.3 Å². The van der Waals surface area contributed by atoms with E-state index in [1.165, 1.54) is 21.8 Å². The lowest BCUT2D eigenvalue weighted by Gasteiger charge is -2.25. The molecular weight excluding hydrogens is 466 g/mol. The minimum absolute atomic E-state index is 0.238. The molecule has 0 spiro atoms. The van der Waals surface area contributed by atoms with Gasteiger partial charge in [0.2, 0.25) is 0 Å². The Morgan fingerprint density at radius 3 is 2.70 bits per heavy atom. The Hall–Kier alpha value is -1.82. The number of thiophene rings is 1. The molecule has 158 valence electrons. The molecule has 1 saturated heterocycles. The van der Waals surface area contributed by atoms with Crippen LogP contribution in [0.2, 0.25) is 5.02 Å². The quantitative estimate of drug-likeness (QED) is 0.580. The van der Waals surface area contributed by atoms with Gasteiger partial charge in [-0.15, -0.1) is 22.7 Å². The lowest BCUT2D eigenvalue weighted by atomic mass is 10.2. The Labute approximate surface area is 187 Å². The lowest BCUT2D eigenvalue weighted by Crippen LogP contribution is -2.40. The monoisotopic (exact) mass is 483 g/mol. The van der Waals surface area contributed by atoms with Gasteiger partial charge in [0.25, 0.3) is 15.9 Å². The van der Waals surface area contributed by atoms with Crippen molar-refractivity contribution in [2.24, 2.45) is 0 Å². The number of benzene rings is 1. The number of halogens is 1. The van der Waals surface area contributed by atoms with Crippen LogP contribution < -0.4 is 5.32 Å². The number of sulfonamides is 1. The highest BCUT2D eigenvalue weighted by atomic mass is 35.5. The summed E-state index contributed by atoms with van der Waals surface area (Å²) >= 11 is 8.60. The van der Waals surface area contributed by atoms with Gasteiger partial charge < -0.3 is 10.1 Å². The highest BCUT2D eigenvalue weighted by Crippen LogP contribution is 2.31. The number of carbonyl (C=O) groups excluding carboxylic acids is 1. The molecule has 1 N–H and O–H groups in total. The Kier molecular flexibility index (Phi) is 6.51. The summed E-state index contributed by atoms with van der Waals surface area (Å²) in [5, 5.41) is 4.06. The van der Waals surface area contributed by atoms with Gasteiger partial charge in [0.05, 0.1) is 31.0 Å². The molecule has 1 fully saturated rings. The molecule has 11 heteroatoms. The largest absolute Gasteiger partial charge is 0.379 e. The van der Waals surface area contributed by atoms with Crippen LogP contribution in [0.4, 0.5) is 0 Å². The van der Waals surface area contributed by atoms with E-state index in [-0.39, 0.29) is 16.7 Å². The number of nitrogens with zero attached hydrogens (tertiary/aromatic N) is 2. The summed E-state index contributed by atoms with van der Waals surface area (Å²) in [6.45, 7) is 1.75. The number of morpholine rings is 1. The second-order valence-corrected chi connectivity index (χ2v) is 11.2. The zero-order valence-corrected chi connectivity index (χ0v) is 18.9. The fourth-order valence-corrected chi connectivity index (χ4v) is 6.91. The van der Waals surface area contributed by atoms with Gasteiger partial charge >= 0.3 is 0 Å². The van der Waals surface area contributed by atoms with Crippen LogP contribution in [-0.2, 0) is 21.3 Å². The first kappa shape index (κ1) is 21.4. The maximum Gasteiger partial charge on any atom is 0.263 e. The molecule has 30 heavy (non-hydrogen) atoms. The molecule has 3 aromatic rings. The molecule has 2 aromatic heterocycles. The molecule has 0 aliphatic carbocycles. The summed E-state index contributed by atoms with van der Waals surface area (Å²) in [4.78, 5) is 18.0. The third-order valence-electron chi connectivity index (χ3n) is 4.46. The Morgan fingerprint density at radius 1 is 1.17 bits per heavy atom. The molecule has 7 nitrogen and oxygen atoms in total. The fraction of sp³-hybridized carbons (Fsp3) is 0.263. The summed E-state index contributed by atoms with van der Waals surface area (Å²) in [6.07, 6.45) is 1.52. The van der Waals surface area contributed by atoms with E-state index in [0.29, 0.717) is 41.2 Å². The van der Waals surface area contributed by atoms with Gasteiger partial charge in [-0.1, -0.05) is 29.8 Å². The molecule has 0 unspecified atom stereocenters. The molecule has 1 amide bonds. The third-order valence-corrected chi connectivity index (χ3v) is 9.27. The zero-order chi connectivity index (χ0) is 21.1. The predicted molar refractivity (Wildman–Crippen MR) is 118 cm³/mol. The van der Waals surface area contributed by atoms with Gasteiger partial charge in [-0.2, -0.15) is 4.31 Å². The third kappa shape index (κ3) is 4.58. The molecular formula is C19H18ClN3O4S3. The topological polar surface area (TPSA) is 88.6 Å². The molecule has 0 bridgehead atoms. The van der Waals surface area contributed by atoms with Crippen molar-refractivity contribution in [3.8, 4) is 10.6 Å². The number of nitrogens with one attached hydrogen (secondary N) is 1. The minimum atomic E-state index is -3.52. The van der Waals surface area contributed by atoms with Crippen molar-refractivity contribution in [2.45, 2.75) is 10.8 Å². The van der Waals surface area contributed by atoms with Gasteiger partial charge in [0, 0.05) is 23.5 Å². The molecule has 0 radical (unpaired) electrons. The van der Waals surface area contributed by atoms with Crippen molar-refractivity contribution >= 4 is 50.2 Å². The standard InChI is InChI=1S/C19H18ClN3O4S3/c20-15-4-2-1-3-14(15)19-22-12-16(29-19)18(24)21-11-13-5-6-17(28-13)30(25,26)23-7-9-27-10-8-23/h1-6,12H,7-11H2,(H,21,24). The lowest BCUT2D eigenvalue weighted by molar-refractivity contribution is 0.0731. The van der Waals surface area contributed by atoms with Gasteiger partial charge in [0.15, 0.2) is 0 Å². The van der Waals surface area contributed by atoms with Crippen LogP contribution in [0.15, 0.2) is 46.8 Å². The Morgan fingerprint density at radius 2 is 1.93 bits per heavy atom. The number of hydrogen-bond acceptors (Lipinski definition) is 7. The highest BCUT2D eigenvalue weighted by molar-refractivity contribution is 7.91. The average molecular weight is 484 g/mol. The van der Waals surface area contributed by atoms with Crippen LogP contribution >= 0.6 is 34.3 Å². The molecule has 4 rings (SSSR count). The SMILES string of the molecule is O=C(NCc1ccc(S(=O)(=O)N2CCOCC2)s1)c1cnc(-c2ccccc2Cl)s1. The molecule has 0 saturated carbocycles. The minimum Gasteiger partial charge on any atom is -0.379 e. The van der Waals surface area contributed by atoms with Gasteiger partial charge in [-0.3, -0.25) is 4.79 Å². The fourth-order valence-electron chi connectivity index (χ4n) is 2.90. The van der Waals surface area contributed by atoms with E-state index in [9.17, 15) is 13.2 Å². The second-order valence-electron chi connectivity index (χ2n) is 6.43. The molecule has 3 heterocycles. The summed E-state index contributed by atoms with van der Waals surface area (Å²) in [7, 11) is -3.52. The number of ether oxygens (including phenoxy) is 1. The van der Waals surface area contributed by atoms with E-state index in [0.717, 1.165) is 21.8 Å². The molecule has 0 atom stereocenters. The van der Waals surface area contributed by atoms with E-state index >= 15 is 0 Å². The van der Waals surface area contributed by atoms with E-state index in [2.05, 4.69) is 10.3 Å². The van der Waals surface area contributed by atoms with Crippen LogP contribution in [-0.4, -0.2) is 49.9 Å². The van der Waals surface area contributed by atoms with Crippen molar-refractivity contribution in [3.05, 3.63) is 57.4 Å². The highest BCUT2D eigenvalue weighted by Gasteiger charge is 2.27. The van der Waals surface area contributed by atoms with Crippen LogP contribution in [0.25, 0.3) is 10.6 Å². The van der Waals surface area contributed by atoms with Crippen molar-refractivity contribution in [3.63, 3.8) is 0 Å². The Balaban J connectivity index is 1.40. The number of amides is 1. The van der Waals surface area contributed by atoms with Gasteiger partial charge in [-0.05, 0) is 18.2 Å². The second kappa shape index (κ2) is 9.13. The summed E-state index contributed by atoms with van der Waals surface area (Å²) in [5.41, 5.74) is 0.777. The van der Waals surface area contributed by atoms with E-state index < -0.39 is 10.0 Å². The van der Waals surface area contributed by atoms with Crippen molar-refractivity contribution in [1.29, 1.82) is 0 Å². The summed E-state index contributed by atoms with van der Waals surface area (Å²) < 4.78 is 32.3. The van der Waals surface area contributed by atoms with Crippen LogP contribution in [0.5, 0.6) is 0 Å².